The fraction of sp³-hybridized carbons (Fsp3) is 0.423. The van der Waals surface area contributed by atoms with Gasteiger partial charge in [-0.3, -0.25) is 14.9 Å². The van der Waals surface area contributed by atoms with E-state index in [4.69, 9.17) is 4.74 Å². The minimum atomic E-state index is -4.43. The molecule has 2 amide bonds. The van der Waals surface area contributed by atoms with Crippen molar-refractivity contribution in [3.05, 3.63) is 59.7 Å². The third kappa shape index (κ3) is 7.12. The summed E-state index contributed by atoms with van der Waals surface area (Å²) in [7, 11) is -4.43. The number of carbonyl (C=O) groups is 3. The lowest BCUT2D eigenvalue weighted by molar-refractivity contribution is -0.151. The molecule has 11 heteroatoms. The highest BCUT2D eigenvalue weighted by Crippen LogP contribution is 2.31. The molecule has 200 valence electrons. The zero-order valence-corrected chi connectivity index (χ0v) is 23.2. The molecule has 9 nitrogen and oxygen atoms in total. The van der Waals surface area contributed by atoms with Gasteiger partial charge in [0, 0.05) is 30.3 Å². The number of carbonyl (C=O) groups excluding carboxylic acids is 3. The minimum Gasteiger partial charge on any atom is -0.464 e. The van der Waals surface area contributed by atoms with Crippen molar-refractivity contribution in [2.45, 2.75) is 62.9 Å². The van der Waals surface area contributed by atoms with E-state index < -0.39 is 33.3 Å². The average molecular weight is 548 g/mol. The van der Waals surface area contributed by atoms with E-state index in [0.29, 0.717) is 21.3 Å². The van der Waals surface area contributed by atoms with Crippen LogP contribution in [0, 0.1) is 6.92 Å². The van der Waals surface area contributed by atoms with Crippen molar-refractivity contribution in [3.63, 3.8) is 0 Å². The van der Waals surface area contributed by atoms with Crippen LogP contribution in [-0.2, 0) is 35.6 Å². The number of nitrogens with zero attached hydrogens (tertiary/aromatic N) is 1. The molecule has 2 atom stereocenters. The Morgan fingerprint density at radius 3 is 2.27 bits per heavy atom. The maximum absolute atomic E-state index is 13.9. The lowest BCUT2D eigenvalue weighted by Crippen LogP contribution is -2.56. The van der Waals surface area contributed by atoms with Crippen molar-refractivity contribution in [1.82, 2.24) is 9.62 Å². The molecule has 1 saturated heterocycles. The first-order chi connectivity index (χ1) is 17.3. The van der Waals surface area contributed by atoms with E-state index >= 15 is 0 Å². The Morgan fingerprint density at radius 1 is 1.14 bits per heavy atom. The van der Waals surface area contributed by atoms with Gasteiger partial charge in [0.2, 0.25) is 5.91 Å². The predicted molar refractivity (Wildman–Crippen MR) is 144 cm³/mol. The predicted octanol–water partition coefficient (Wildman–Crippen LogP) is 3.09. The molecule has 2 N–H and O–H groups in total. The fourth-order valence-corrected chi connectivity index (χ4v) is 6.83. The highest BCUT2D eigenvalue weighted by atomic mass is 32.2. The number of amides is 2. The summed E-state index contributed by atoms with van der Waals surface area (Å²) in [6.07, 6.45) is -0.100. The molecule has 0 spiro atoms. The summed E-state index contributed by atoms with van der Waals surface area (Å²) in [5.41, 5.74) is 1.62. The van der Waals surface area contributed by atoms with Crippen LogP contribution in [0.1, 0.15) is 38.8 Å². The topological polar surface area (TPSA) is 122 Å². The van der Waals surface area contributed by atoms with E-state index in [2.05, 4.69) is 10.6 Å². The molecule has 3 rings (SSSR count). The Morgan fingerprint density at radius 2 is 1.76 bits per heavy atom. The van der Waals surface area contributed by atoms with Crippen molar-refractivity contribution < 1.29 is 27.5 Å². The molecule has 0 bridgehead atoms. The monoisotopic (exact) mass is 547 g/mol. The Balaban J connectivity index is 2.07. The van der Waals surface area contributed by atoms with E-state index in [9.17, 15) is 22.8 Å². The van der Waals surface area contributed by atoms with Gasteiger partial charge in [-0.05, 0) is 57.5 Å². The normalized spacial score (nSPS) is 17.6. The van der Waals surface area contributed by atoms with Gasteiger partial charge in [0.15, 0.2) is 0 Å². The summed E-state index contributed by atoms with van der Waals surface area (Å²) in [4.78, 5) is 38.3. The third-order valence-electron chi connectivity index (χ3n) is 5.70. The summed E-state index contributed by atoms with van der Waals surface area (Å²) in [6, 6.07) is 11.3. The van der Waals surface area contributed by atoms with E-state index in [1.54, 1.807) is 43.3 Å². The molecular formula is C26H33N3O6S2. The second-order valence-electron chi connectivity index (χ2n) is 9.52. The molecule has 0 radical (unpaired) electrons. The molecule has 37 heavy (non-hydrogen) atoms. The van der Waals surface area contributed by atoms with Gasteiger partial charge >= 0.3 is 5.97 Å². The summed E-state index contributed by atoms with van der Waals surface area (Å²) in [5.74, 6) is -1.19. The minimum absolute atomic E-state index is 0.0207. The van der Waals surface area contributed by atoms with Crippen LogP contribution in [0.4, 0.5) is 5.69 Å². The maximum Gasteiger partial charge on any atom is 0.330 e. The number of aryl methyl sites for hydroxylation is 1. The van der Waals surface area contributed by atoms with E-state index in [1.165, 1.54) is 30.8 Å². The highest BCUT2D eigenvalue weighted by Gasteiger charge is 2.46. The molecule has 1 aliphatic rings. The number of hydrogen-bond donors (Lipinski definition) is 2. The van der Waals surface area contributed by atoms with Crippen LogP contribution in [0.3, 0.4) is 0 Å². The Labute approximate surface area is 222 Å². The maximum atomic E-state index is 13.9. The molecule has 2 aromatic rings. The van der Waals surface area contributed by atoms with Crippen LogP contribution in [-0.4, -0.2) is 59.8 Å². The van der Waals surface area contributed by atoms with Gasteiger partial charge < -0.3 is 10.1 Å². The lowest BCUT2D eigenvalue weighted by Gasteiger charge is -2.32. The van der Waals surface area contributed by atoms with Gasteiger partial charge in [0.05, 0.1) is 11.5 Å². The zero-order chi connectivity index (χ0) is 27.4. The number of rotatable bonds is 9. The summed E-state index contributed by atoms with van der Waals surface area (Å²) < 4.78 is 33.8. The van der Waals surface area contributed by atoms with Crippen LogP contribution in [0.25, 0.3) is 0 Å². The summed E-state index contributed by atoms with van der Waals surface area (Å²) in [5, 5.41) is 4.98. The second-order valence-corrected chi connectivity index (χ2v) is 12.4. The average Bonchev–Trinajstić information content (AvgIpc) is 3.19. The van der Waals surface area contributed by atoms with Crippen molar-refractivity contribution in [2.24, 2.45) is 0 Å². The molecule has 0 aliphatic carbocycles. The number of hydrogen-bond acceptors (Lipinski definition) is 8. The van der Waals surface area contributed by atoms with E-state index in [0.717, 1.165) is 5.56 Å². The number of benzene rings is 2. The molecule has 0 unspecified atom stereocenters. The van der Waals surface area contributed by atoms with Crippen molar-refractivity contribution in [3.8, 4) is 0 Å². The molecule has 1 heterocycles. The van der Waals surface area contributed by atoms with Gasteiger partial charge in [-0.25, -0.2) is 17.5 Å². The van der Waals surface area contributed by atoms with E-state index in [1.807, 2.05) is 20.8 Å². The van der Waals surface area contributed by atoms with Gasteiger partial charge in [-0.2, -0.15) is 0 Å². The van der Waals surface area contributed by atoms with Gasteiger partial charge in [0.1, 0.15) is 11.4 Å². The number of thioether (sulfide) groups is 1. The Hall–Kier alpha value is -2.89. The largest absolute Gasteiger partial charge is 0.464 e. The van der Waals surface area contributed by atoms with Crippen LogP contribution < -0.4 is 10.6 Å². The molecule has 1 fully saturated rings. The number of ether oxygens (including phenoxy) is 1. The van der Waals surface area contributed by atoms with Gasteiger partial charge in [0.25, 0.3) is 15.9 Å². The van der Waals surface area contributed by atoms with Crippen LogP contribution in [0.2, 0.25) is 0 Å². The summed E-state index contributed by atoms with van der Waals surface area (Å²) in [6.45, 7) is 8.70. The van der Waals surface area contributed by atoms with Crippen LogP contribution in [0.15, 0.2) is 53.4 Å². The lowest BCUT2D eigenvalue weighted by atomic mass is 10.1. The highest BCUT2D eigenvalue weighted by molar-refractivity contribution is 8.01. The summed E-state index contributed by atoms with van der Waals surface area (Å²) >= 11 is 1.30. The Bertz CT molecular complexity index is 1240. The van der Waals surface area contributed by atoms with Crippen molar-refractivity contribution in [1.29, 1.82) is 0 Å². The number of nitrogens with one attached hydrogen (secondary N) is 2. The number of sulfonamides is 1. The SMILES string of the molecule is CCOC(=O)[C@H](Cc1ccc(NC(C)=O)cc1)N(C(=O)[C@H]1NC(C)(C)CS1)S(=O)(=O)c1ccc(C)cc1. The van der Waals surface area contributed by atoms with Crippen molar-refractivity contribution >= 4 is 45.3 Å². The smallest absolute Gasteiger partial charge is 0.330 e. The first-order valence-corrected chi connectivity index (χ1v) is 14.4. The van der Waals surface area contributed by atoms with E-state index in [-0.39, 0.29) is 29.4 Å². The van der Waals surface area contributed by atoms with Gasteiger partial charge in [-0.15, -0.1) is 11.8 Å². The number of esters is 1. The van der Waals surface area contributed by atoms with Crippen molar-refractivity contribution in [2.75, 3.05) is 17.7 Å². The first-order valence-electron chi connectivity index (χ1n) is 11.9. The van der Waals surface area contributed by atoms with Crippen LogP contribution >= 0.6 is 11.8 Å². The molecule has 0 aromatic heterocycles. The molecule has 2 aromatic carbocycles. The molecule has 0 saturated carbocycles. The molecule has 1 aliphatic heterocycles. The second kappa shape index (κ2) is 11.7. The standard InChI is InChI=1S/C26H33N3O6S2/c1-6-35-25(32)22(15-19-9-11-20(12-10-19)27-18(3)30)29(24(31)23-28-26(4,5)16-36-23)37(33,34)21-13-7-17(2)8-14-21/h7-14,22-23,28H,6,15-16H2,1-5H3,(H,27,30)/t22-,23-/m0/s1. The third-order valence-corrected chi connectivity index (χ3v) is 9.06. The van der Waals surface area contributed by atoms with Gasteiger partial charge in [-0.1, -0.05) is 29.8 Å². The molecular weight excluding hydrogens is 514 g/mol. The number of anilines is 1. The first kappa shape index (κ1) is 28.7. The quantitative estimate of drug-likeness (QED) is 0.460. The Kier molecular flexibility index (Phi) is 9.04. The fourth-order valence-electron chi connectivity index (χ4n) is 3.89. The zero-order valence-electron chi connectivity index (χ0n) is 21.6. The van der Waals surface area contributed by atoms with Crippen LogP contribution in [0.5, 0.6) is 0 Å².